The lowest BCUT2D eigenvalue weighted by atomic mass is 10.1. The number of esters is 2. The van der Waals surface area contributed by atoms with Gasteiger partial charge in [0.2, 0.25) is 0 Å². The molecule has 0 heterocycles. The van der Waals surface area contributed by atoms with Crippen LogP contribution in [-0.2, 0) is 25.7 Å². The average Bonchev–Trinajstić information content (AvgIpc) is 2.76. The summed E-state index contributed by atoms with van der Waals surface area (Å²) in [5.74, 6) is -0.789. The summed E-state index contributed by atoms with van der Waals surface area (Å²) in [7, 11) is 0. The lowest BCUT2D eigenvalue weighted by molar-refractivity contribution is -0.385. The van der Waals surface area contributed by atoms with Crippen molar-refractivity contribution in [2.24, 2.45) is 0 Å². The van der Waals surface area contributed by atoms with Crippen LogP contribution in [0.25, 0.3) is 0 Å². The van der Waals surface area contributed by atoms with Crippen LogP contribution in [0.2, 0.25) is 0 Å². The van der Waals surface area contributed by atoms with Gasteiger partial charge >= 0.3 is 11.9 Å². The van der Waals surface area contributed by atoms with Crippen LogP contribution in [0.5, 0.6) is 0 Å². The summed E-state index contributed by atoms with van der Waals surface area (Å²) in [5, 5.41) is 10.9. The molecule has 0 amide bonds. The molecule has 0 aliphatic heterocycles. The van der Waals surface area contributed by atoms with Gasteiger partial charge in [0.05, 0.1) is 17.1 Å². The predicted octanol–water partition coefficient (Wildman–Crippen LogP) is 6.27. The van der Waals surface area contributed by atoms with E-state index in [2.05, 4.69) is 6.92 Å². The second kappa shape index (κ2) is 17.3. The molecule has 7 heteroatoms. The van der Waals surface area contributed by atoms with Gasteiger partial charge in [0.25, 0.3) is 5.69 Å². The van der Waals surface area contributed by atoms with E-state index in [-0.39, 0.29) is 31.1 Å². The first-order valence-corrected chi connectivity index (χ1v) is 11.6. The third kappa shape index (κ3) is 13.5. The van der Waals surface area contributed by atoms with Crippen molar-refractivity contribution in [2.75, 3.05) is 6.61 Å². The Labute approximate surface area is 185 Å². The second-order valence-electron chi connectivity index (χ2n) is 7.80. The summed E-state index contributed by atoms with van der Waals surface area (Å²) in [5.41, 5.74) is 0.266. The molecule has 1 aromatic carbocycles. The zero-order valence-corrected chi connectivity index (χ0v) is 18.8. The van der Waals surface area contributed by atoms with Crippen LogP contribution in [0.4, 0.5) is 5.69 Å². The van der Waals surface area contributed by atoms with Crippen molar-refractivity contribution in [3.63, 3.8) is 0 Å². The van der Waals surface area contributed by atoms with Crippen molar-refractivity contribution in [1.82, 2.24) is 0 Å². The SMILES string of the molecule is CCCCCCCCCCCCOC(=O)CCCC(=O)OCc1ccccc1[N+](=O)[O-]. The molecule has 0 saturated carbocycles. The summed E-state index contributed by atoms with van der Waals surface area (Å²) in [6.45, 7) is 2.50. The maximum absolute atomic E-state index is 11.8. The lowest BCUT2D eigenvalue weighted by Gasteiger charge is -2.06. The summed E-state index contributed by atoms with van der Waals surface area (Å²) in [6, 6.07) is 6.13. The minimum absolute atomic E-state index is 0.0774. The molecule has 0 aliphatic carbocycles. The average molecular weight is 436 g/mol. The molecule has 0 spiro atoms. The molecule has 0 unspecified atom stereocenters. The Morgan fingerprint density at radius 2 is 1.35 bits per heavy atom. The maximum atomic E-state index is 11.8. The number of nitro benzene ring substituents is 1. The van der Waals surface area contributed by atoms with E-state index in [0.717, 1.165) is 12.8 Å². The monoisotopic (exact) mass is 435 g/mol. The number of benzene rings is 1. The Balaban J connectivity index is 1.99. The topological polar surface area (TPSA) is 95.7 Å². The number of nitro groups is 1. The van der Waals surface area contributed by atoms with Crippen LogP contribution in [-0.4, -0.2) is 23.5 Å². The van der Waals surface area contributed by atoms with E-state index in [4.69, 9.17) is 9.47 Å². The Hall–Kier alpha value is -2.44. The van der Waals surface area contributed by atoms with Crippen LogP contribution in [0, 0.1) is 10.1 Å². The normalized spacial score (nSPS) is 10.6. The van der Waals surface area contributed by atoms with Crippen LogP contribution in [0.3, 0.4) is 0 Å². The first kappa shape index (κ1) is 26.6. The number of nitrogens with zero attached hydrogens (tertiary/aromatic N) is 1. The van der Waals surface area contributed by atoms with Crippen molar-refractivity contribution in [3.8, 4) is 0 Å². The molecule has 7 nitrogen and oxygen atoms in total. The molecule has 0 aliphatic rings. The molecule has 0 saturated heterocycles. The Morgan fingerprint density at radius 3 is 1.97 bits per heavy atom. The fourth-order valence-electron chi connectivity index (χ4n) is 3.27. The highest BCUT2D eigenvalue weighted by Crippen LogP contribution is 2.18. The molecule has 0 radical (unpaired) electrons. The highest BCUT2D eigenvalue weighted by Gasteiger charge is 2.14. The van der Waals surface area contributed by atoms with Crippen molar-refractivity contribution in [3.05, 3.63) is 39.9 Å². The number of unbranched alkanes of at least 4 members (excludes halogenated alkanes) is 9. The van der Waals surface area contributed by atoms with Crippen LogP contribution in [0.15, 0.2) is 24.3 Å². The minimum atomic E-state index is -0.506. The third-order valence-electron chi connectivity index (χ3n) is 5.10. The van der Waals surface area contributed by atoms with Crippen molar-refractivity contribution < 1.29 is 24.0 Å². The lowest BCUT2D eigenvalue weighted by Crippen LogP contribution is -2.09. The molecule has 0 aromatic heterocycles. The summed E-state index contributed by atoms with van der Waals surface area (Å²) < 4.78 is 10.3. The van der Waals surface area contributed by atoms with Gasteiger partial charge in [0.1, 0.15) is 6.61 Å². The van der Waals surface area contributed by atoms with Gasteiger partial charge in [0.15, 0.2) is 0 Å². The largest absolute Gasteiger partial charge is 0.466 e. The number of hydrogen-bond acceptors (Lipinski definition) is 6. The number of para-hydroxylation sites is 1. The molecular weight excluding hydrogens is 398 g/mol. The van der Waals surface area contributed by atoms with E-state index in [9.17, 15) is 19.7 Å². The number of rotatable bonds is 18. The van der Waals surface area contributed by atoms with Gasteiger partial charge in [-0.25, -0.2) is 0 Å². The van der Waals surface area contributed by atoms with Crippen molar-refractivity contribution in [1.29, 1.82) is 0 Å². The highest BCUT2D eigenvalue weighted by atomic mass is 16.6. The number of carbonyl (C=O) groups is 2. The van der Waals surface area contributed by atoms with Gasteiger partial charge in [0, 0.05) is 18.9 Å². The van der Waals surface area contributed by atoms with Gasteiger partial charge in [-0.05, 0) is 18.9 Å². The molecule has 174 valence electrons. The summed E-state index contributed by atoms with van der Waals surface area (Å²) in [4.78, 5) is 34.0. The Kier molecular flexibility index (Phi) is 14.8. The van der Waals surface area contributed by atoms with Crippen LogP contribution >= 0.6 is 0 Å². The quantitative estimate of drug-likeness (QED) is 0.117. The van der Waals surface area contributed by atoms with E-state index in [1.165, 1.54) is 57.4 Å². The molecule has 31 heavy (non-hydrogen) atoms. The number of hydrogen-bond donors (Lipinski definition) is 0. The third-order valence-corrected chi connectivity index (χ3v) is 5.10. The van der Waals surface area contributed by atoms with E-state index in [1.807, 2.05) is 0 Å². The smallest absolute Gasteiger partial charge is 0.306 e. The first-order valence-electron chi connectivity index (χ1n) is 11.6. The van der Waals surface area contributed by atoms with Gasteiger partial charge < -0.3 is 9.47 Å². The highest BCUT2D eigenvalue weighted by molar-refractivity contribution is 5.72. The van der Waals surface area contributed by atoms with Gasteiger partial charge in [-0.2, -0.15) is 0 Å². The molecule has 1 rings (SSSR count). The maximum Gasteiger partial charge on any atom is 0.306 e. The standard InChI is InChI=1S/C24H37NO6/c1-2-3-4-5-6-7-8-9-10-13-19-30-23(26)17-14-18-24(27)31-20-21-15-11-12-16-22(21)25(28)29/h11-12,15-16H,2-10,13-14,17-20H2,1H3. The van der Waals surface area contributed by atoms with Gasteiger partial charge in [-0.1, -0.05) is 76.8 Å². The first-order chi connectivity index (χ1) is 15.0. The molecule has 0 atom stereocenters. The zero-order chi connectivity index (χ0) is 22.7. The second-order valence-corrected chi connectivity index (χ2v) is 7.80. The zero-order valence-electron chi connectivity index (χ0n) is 18.8. The van der Waals surface area contributed by atoms with E-state index in [1.54, 1.807) is 18.2 Å². The summed E-state index contributed by atoms with van der Waals surface area (Å²) >= 11 is 0. The van der Waals surface area contributed by atoms with E-state index < -0.39 is 10.9 Å². The van der Waals surface area contributed by atoms with E-state index in [0.29, 0.717) is 18.6 Å². The molecule has 0 fully saturated rings. The fourth-order valence-corrected chi connectivity index (χ4v) is 3.27. The number of carbonyl (C=O) groups excluding carboxylic acids is 2. The van der Waals surface area contributed by atoms with Crippen LogP contribution in [0.1, 0.15) is 96.0 Å². The van der Waals surface area contributed by atoms with Crippen molar-refractivity contribution >= 4 is 17.6 Å². The minimum Gasteiger partial charge on any atom is -0.466 e. The van der Waals surface area contributed by atoms with Gasteiger partial charge in [-0.15, -0.1) is 0 Å². The van der Waals surface area contributed by atoms with Crippen LogP contribution < -0.4 is 0 Å². The molecular formula is C24H37NO6. The molecule has 0 bridgehead atoms. The predicted molar refractivity (Wildman–Crippen MR) is 120 cm³/mol. The summed E-state index contributed by atoms with van der Waals surface area (Å²) in [6.07, 6.45) is 12.9. The van der Waals surface area contributed by atoms with Gasteiger partial charge in [-0.3, -0.25) is 19.7 Å². The number of ether oxygens (including phenoxy) is 2. The van der Waals surface area contributed by atoms with Crippen molar-refractivity contribution in [2.45, 2.75) is 97.0 Å². The fraction of sp³-hybridized carbons (Fsp3) is 0.667. The molecule has 1 aromatic rings. The Morgan fingerprint density at radius 1 is 0.806 bits per heavy atom. The molecule has 0 N–H and O–H groups in total. The Bertz CT molecular complexity index is 661. The van der Waals surface area contributed by atoms with E-state index >= 15 is 0 Å².